The van der Waals surface area contributed by atoms with Gasteiger partial charge in [0.25, 0.3) is 5.91 Å². The number of hydrogen-bond donors (Lipinski definition) is 2. The quantitative estimate of drug-likeness (QED) is 0.825. The van der Waals surface area contributed by atoms with E-state index in [0.717, 1.165) is 25.1 Å². The molecule has 1 fully saturated rings. The number of carbonyl (C=O) groups is 2. The zero-order chi connectivity index (χ0) is 15.9. The van der Waals surface area contributed by atoms with Crippen LogP contribution in [0.15, 0.2) is 24.3 Å². The minimum Gasteiger partial charge on any atom is -0.376 e. The highest BCUT2D eigenvalue weighted by atomic mass is 16.5. The second-order valence-electron chi connectivity index (χ2n) is 5.57. The highest BCUT2D eigenvalue weighted by Crippen LogP contribution is 2.11. The molecule has 2 amide bonds. The molecular formula is C16H23N3O3. The lowest BCUT2D eigenvalue weighted by atomic mass is 10.2. The molecule has 120 valence electrons. The molecule has 0 bridgehead atoms. The van der Waals surface area contributed by atoms with Gasteiger partial charge in [-0.1, -0.05) is 0 Å². The Morgan fingerprint density at radius 1 is 1.27 bits per heavy atom. The molecule has 1 atom stereocenters. The summed E-state index contributed by atoms with van der Waals surface area (Å²) in [4.78, 5) is 25.0. The molecule has 6 nitrogen and oxygen atoms in total. The van der Waals surface area contributed by atoms with E-state index in [0.29, 0.717) is 12.1 Å². The van der Waals surface area contributed by atoms with Gasteiger partial charge in [0, 0.05) is 38.5 Å². The first-order valence-corrected chi connectivity index (χ1v) is 7.50. The Labute approximate surface area is 130 Å². The molecule has 0 radical (unpaired) electrons. The SMILES string of the molecule is CN(C)C(=O)c1ccc(NCC(=O)NCC2CCCO2)cc1. The molecule has 22 heavy (non-hydrogen) atoms. The highest BCUT2D eigenvalue weighted by molar-refractivity contribution is 5.94. The lowest BCUT2D eigenvalue weighted by molar-refractivity contribution is -0.119. The third-order valence-electron chi connectivity index (χ3n) is 3.54. The average Bonchev–Trinajstić information content (AvgIpc) is 3.04. The first-order valence-electron chi connectivity index (χ1n) is 7.50. The summed E-state index contributed by atoms with van der Waals surface area (Å²) in [5.74, 6) is -0.107. The molecular weight excluding hydrogens is 282 g/mol. The van der Waals surface area contributed by atoms with Crippen LogP contribution < -0.4 is 10.6 Å². The molecule has 1 aliphatic heterocycles. The van der Waals surface area contributed by atoms with Crippen molar-refractivity contribution in [2.75, 3.05) is 39.1 Å². The van der Waals surface area contributed by atoms with Gasteiger partial charge >= 0.3 is 0 Å². The van der Waals surface area contributed by atoms with E-state index in [9.17, 15) is 9.59 Å². The van der Waals surface area contributed by atoms with Crippen molar-refractivity contribution >= 4 is 17.5 Å². The van der Waals surface area contributed by atoms with Crippen molar-refractivity contribution in [3.63, 3.8) is 0 Å². The van der Waals surface area contributed by atoms with E-state index in [1.807, 2.05) is 0 Å². The van der Waals surface area contributed by atoms with Gasteiger partial charge in [0.15, 0.2) is 0 Å². The smallest absolute Gasteiger partial charge is 0.253 e. The number of benzene rings is 1. The molecule has 1 saturated heterocycles. The summed E-state index contributed by atoms with van der Waals surface area (Å²) < 4.78 is 5.45. The molecule has 1 aromatic carbocycles. The van der Waals surface area contributed by atoms with Gasteiger partial charge in [-0.05, 0) is 37.1 Å². The van der Waals surface area contributed by atoms with Crippen molar-refractivity contribution in [1.82, 2.24) is 10.2 Å². The summed E-state index contributed by atoms with van der Waals surface area (Å²) in [7, 11) is 3.43. The largest absolute Gasteiger partial charge is 0.376 e. The van der Waals surface area contributed by atoms with Crippen LogP contribution in [0.5, 0.6) is 0 Å². The molecule has 1 aromatic rings. The van der Waals surface area contributed by atoms with Crippen LogP contribution in [0.1, 0.15) is 23.2 Å². The molecule has 0 spiro atoms. The lowest BCUT2D eigenvalue weighted by Gasteiger charge is -2.12. The molecule has 2 rings (SSSR count). The second-order valence-corrected chi connectivity index (χ2v) is 5.57. The molecule has 6 heteroatoms. The Kier molecular flexibility index (Phi) is 5.77. The van der Waals surface area contributed by atoms with Crippen LogP contribution in [0.4, 0.5) is 5.69 Å². The van der Waals surface area contributed by atoms with Crippen LogP contribution in [0.25, 0.3) is 0 Å². The zero-order valence-corrected chi connectivity index (χ0v) is 13.1. The van der Waals surface area contributed by atoms with Gasteiger partial charge in [0.2, 0.25) is 5.91 Å². The van der Waals surface area contributed by atoms with E-state index < -0.39 is 0 Å². The topological polar surface area (TPSA) is 70.7 Å². The predicted molar refractivity (Wildman–Crippen MR) is 84.9 cm³/mol. The van der Waals surface area contributed by atoms with E-state index in [1.54, 1.807) is 38.4 Å². The number of nitrogens with zero attached hydrogens (tertiary/aromatic N) is 1. The maximum absolute atomic E-state index is 11.8. The molecule has 0 saturated carbocycles. The standard InChI is InChI=1S/C16H23N3O3/c1-19(2)16(21)12-5-7-13(8-6-12)17-11-15(20)18-10-14-4-3-9-22-14/h5-8,14,17H,3-4,9-11H2,1-2H3,(H,18,20). The minimum atomic E-state index is -0.0658. The summed E-state index contributed by atoms with van der Waals surface area (Å²) >= 11 is 0. The zero-order valence-electron chi connectivity index (χ0n) is 13.1. The van der Waals surface area contributed by atoms with Crippen LogP contribution in [0.2, 0.25) is 0 Å². The van der Waals surface area contributed by atoms with Crippen molar-refractivity contribution in [1.29, 1.82) is 0 Å². The van der Waals surface area contributed by atoms with Gasteiger partial charge in [-0.2, -0.15) is 0 Å². The Morgan fingerprint density at radius 3 is 2.59 bits per heavy atom. The van der Waals surface area contributed by atoms with E-state index in [1.165, 1.54) is 4.90 Å². The summed E-state index contributed by atoms with van der Waals surface area (Å²) in [6.45, 7) is 1.56. The number of anilines is 1. The number of carbonyl (C=O) groups excluding carboxylic acids is 2. The van der Waals surface area contributed by atoms with Gasteiger partial charge < -0.3 is 20.3 Å². The normalized spacial score (nSPS) is 17.1. The Morgan fingerprint density at radius 2 is 2.00 bits per heavy atom. The van der Waals surface area contributed by atoms with Gasteiger partial charge in [0.1, 0.15) is 0 Å². The first-order chi connectivity index (χ1) is 10.6. The van der Waals surface area contributed by atoms with Crippen molar-refractivity contribution < 1.29 is 14.3 Å². The summed E-state index contributed by atoms with van der Waals surface area (Å²) in [5.41, 5.74) is 1.43. The lowest BCUT2D eigenvalue weighted by Crippen LogP contribution is -2.35. The van der Waals surface area contributed by atoms with Crippen molar-refractivity contribution in [3.05, 3.63) is 29.8 Å². The second kappa shape index (κ2) is 7.79. The fourth-order valence-corrected chi connectivity index (χ4v) is 2.27. The summed E-state index contributed by atoms with van der Waals surface area (Å²) in [6.07, 6.45) is 2.23. The predicted octanol–water partition coefficient (Wildman–Crippen LogP) is 1.10. The van der Waals surface area contributed by atoms with Crippen molar-refractivity contribution in [3.8, 4) is 0 Å². The van der Waals surface area contributed by atoms with E-state index in [2.05, 4.69) is 10.6 Å². The maximum atomic E-state index is 11.8. The number of rotatable bonds is 6. The van der Waals surface area contributed by atoms with Crippen LogP contribution in [-0.4, -0.2) is 56.6 Å². The molecule has 1 aliphatic rings. The van der Waals surface area contributed by atoms with E-state index >= 15 is 0 Å². The number of ether oxygens (including phenoxy) is 1. The molecule has 0 aromatic heterocycles. The van der Waals surface area contributed by atoms with Crippen molar-refractivity contribution in [2.24, 2.45) is 0 Å². The fraction of sp³-hybridized carbons (Fsp3) is 0.500. The Hall–Kier alpha value is -2.08. The monoisotopic (exact) mass is 305 g/mol. The van der Waals surface area contributed by atoms with Crippen LogP contribution >= 0.6 is 0 Å². The fourth-order valence-electron chi connectivity index (χ4n) is 2.27. The Bertz CT molecular complexity index is 508. The van der Waals surface area contributed by atoms with Crippen LogP contribution in [-0.2, 0) is 9.53 Å². The van der Waals surface area contributed by atoms with Gasteiger partial charge in [-0.3, -0.25) is 9.59 Å². The highest BCUT2D eigenvalue weighted by Gasteiger charge is 2.15. The number of hydrogen-bond acceptors (Lipinski definition) is 4. The van der Waals surface area contributed by atoms with Gasteiger partial charge in [-0.25, -0.2) is 0 Å². The van der Waals surface area contributed by atoms with Gasteiger partial charge in [0.05, 0.1) is 12.6 Å². The first kappa shape index (κ1) is 16.3. The van der Waals surface area contributed by atoms with Crippen LogP contribution in [0, 0.1) is 0 Å². The Balaban J connectivity index is 1.74. The average molecular weight is 305 g/mol. The van der Waals surface area contributed by atoms with Gasteiger partial charge in [-0.15, -0.1) is 0 Å². The third-order valence-corrected chi connectivity index (χ3v) is 3.54. The van der Waals surface area contributed by atoms with Crippen LogP contribution in [0.3, 0.4) is 0 Å². The molecule has 2 N–H and O–H groups in total. The third kappa shape index (κ3) is 4.73. The summed E-state index contributed by atoms with van der Waals surface area (Å²) in [6, 6.07) is 7.08. The van der Waals surface area contributed by atoms with E-state index in [4.69, 9.17) is 4.74 Å². The molecule has 1 unspecified atom stereocenters. The number of amides is 2. The molecule has 1 heterocycles. The summed E-state index contributed by atoms with van der Waals surface area (Å²) in [5, 5.41) is 5.89. The molecule has 0 aliphatic carbocycles. The van der Waals surface area contributed by atoms with Crippen molar-refractivity contribution in [2.45, 2.75) is 18.9 Å². The minimum absolute atomic E-state index is 0.0409. The van der Waals surface area contributed by atoms with E-state index in [-0.39, 0.29) is 24.5 Å². The number of nitrogens with one attached hydrogen (secondary N) is 2. The maximum Gasteiger partial charge on any atom is 0.253 e.